The maximum atomic E-state index is 12.5. The molecule has 0 aliphatic carbocycles. The second-order valence-electron chi connectivity index (χ2n) is 6.62. The van der Waals surface area contributed by atoms with E-state index >= 15 is 0 Å². The zero-order valence-corrected chi connectivity index (χ0v) is 16.0. The van der Waals surface area contributed by atoms with E-state index in [1.54, 1.807) is 28.6 Å². The summed E-state index contributed by atoms with van der Waals surface area (Å²) < 4.78 is 0. The number of carbonyl (C=O) groups excluding carboxylic acids is 2. The van der Waals surface area contributed by atoms with Crippen LogP contribution in [0.15, 0.2) is 24.5 Å². The Kier molecular flexibility index (Phi) is 5.98. The Morgan fingerprint density at radius 1 is 1.46 bits per heavy atom. The number of amides is 2. The standard InChI is InChI=1S/C19H24N4O2S/c1-3-5-17-22-13(2)16(26-17)10-21-19(25)15-8-18(24)23(12-15)11-14-6-4-7-20-9-14/h4,6-7,9,15H,3,5,8,10-12H2,1-2H3,(H,21,25)/t15-/m1/s1. The van der Waals surface area contributed by atoms with E-state index in [4.69, 9.17) is 0 Å². The lowest BCUT2D eigenvalue weighted by Gasteiger charge is -2.16. The van der Waals surface area contributed by atoms with Crippen LogP contribution >= 0.6 is 11.3 Å². The zero-order valence-electron chi connectivity index (χ0n) is 15.2. The van der Waals surface area contributed by atoms with E-state index in [0.29, 0.717) is 19.6 Å². The van der Waals surface area contributed by atoms with Gasteiger partial charge in [-0.05, 0) is 31.4 Å². The van der Waals surface area contributed by atoms with E-state index in [9.17, 15) is 9.59 Å². The van der Waals surface area contributed by atoms with Gasteiger partial charge in [0.25, 0.3) is 0 Å². The molecule has 26 heavy (non-hydrogen) atoms. The first-order valence-electron chi connectivity index (χ1n) is 8.96. The summed E-state index contributed by atoms with van der Waals surface area (Å²) in [6, 6.07) is 3.79. The van der Waals surface area contributed by atoms with Crippen LogP contribution in [0.4, 0.5) is 0 Å². The molecule has 2 amide bonds. The molecule has 0 radical (unpaired) electrons. The van der Waals surface area contributed by atoms with Crippen LogP contribution < -0.4 is 5.32 Å². The van der Waals surface area contributed by atoms with Gasteiger partial charge in [0, 0.05) is 36.8 Å². The van der Waals surface area contributed by atoms with Crippen LogP contribution in [-0.2, 0) is 29.1 Å². The molecule has 138 valence electrons. The molecule has 0 saturated carbocycles. The van der Waals surface area contributed by atoms with Gasteiger partial charge < -0.3 is 10.2 Å². The minimum Gasteiger partial charge on any atom is -0.351 e. The van der Waals surface area contributed by atoms with Crippen molar-refractivity contribution < 1.29 is 9.59 Å². The molecule has 3 heterocycles. The third-order valence-electron chi connectivity index (χ3n) is 4.51. The second-order valence-corrected chi connectivity index (χ2v) is 7.79. The number of hydrogen-bond donors (Lipinski definition) is 1. The Morgan fingerprint density at radius 3 is 3.04 bits per heavy atom. The van der Waals surface area contributed by atoms with Gasteiger partial charge in [-0.1, -0.05) is 13.0 Å². The smallest absolute Gasteiger partial charge is 0.225 e. The first-order valence-corrected chi connectivity index (χ1v) is 9.78. The molecule has 0 bridgehead atoms. The number of nitrogens with zero attached hydrogens (tertiary/aromatic N) is 3. The highest BCUT2D eigenvalue weighted by Gasteiger charge is 2.34. The van der Waals surface area contributed by atoms with Crippen molar-refractivity contribution >= 4 is 23.2 Å². The zero-order chi connectivity index (χ0) is 18.5. The number of pyridine rings is 1. The largest absolute Gasteiger partial charge is 0.351 e. The van der Waals surface area contributed by atoms with E-state index in [1.165, 1.54) is 0 Å². The van der Waals surface area contributed by atoms with E-state index in [1.807, 2.05) is 19.1 Å². The summed E-state index contributed by atoms with van der Waals surface area (Å²) in [5, 5.41) is 4.10. The number of nitrogens with one attached hydrogen (secondary N) is 1. The highest BCUT2D eigenvalue weighted by molar-refractivity contribution is 7.11. The fourth-order valence-electron chi connectivity index (χ4n) is 3.10. The van der Waals surface area contributed by atoms with E-state index < -0.39 is 0 Å². The topological polar surface area (TPSA) is 75.2 Å². The minimum absolute atomic E-state index is 0.0215. The lowest BCUT2D eigenvalue weighted by atomic mass is 10.1. The fraction of sp³-hybridized carbons (Fsp3) is 0.474. The summed E-state index contributed by atoms with van der Waals surface area (Å²) in [4.78, 5) is 36.1. The van der Waals surface area contributed by atoms with Crippen molar-refractivity contribution in [2.75, 3.05) is 6.54 Å². The molecule has 2 aromatic heterocycles. The minimum atomic E-state index is -0.289. The van der Waals surface area contributed by atoms with Crippen LogP contribution in [0.3, 0.4) is 0 Å². The Morgan fingerprint density at radius 2 is 2.31 bits per heavy atom. The highest BCUT2D eigenvalue weighted by atomic mass is 32.1. The Labute approximate surface area is 157 Å². The molecule has 1 saturated heterocycles. The SMILES string of the molecule is CCCc1nc(C)c(CNC(=O)[C@@H]2CC(=O)N(Cc3cccnc3)C2)s1. The number of aromatic nitrogens is 2. The number of likely N-dealkylation sites (tertiary alicyclic amines) is 1. The number of carbonyl (C=O) groups is 2. The average Bonchev–Trinajstić information content (AvgIpc) is 3.17. The molecule has 1 aliphatic heterocycles. The molecule has 0 spiro atoms. The van der Waals surface area contributed by atoms with Crippen LogP contribution in [0.1, 0.15) is 40.9 Å². The summed E-state index contributed by atoms with van der Waals surface area (Å²) in [6.07, 6.45) is 5.77. The van der Waals surface area contributed by atoms with Crippen molar-refractivity contribution in [3.8, 4) is 0 Å². The van der Waals surface area contributed by atoms with Crippen molar-refractivity contribution in [2.45, 2.75) is 46.2 Å². The van der Waals surface area contributed by atoms with Crippen LogP contribution in [-0.4, -0.2) is 33.2 Å². The monoisotopic (exact) mass is 372 g/mol. The van der Waals surface area contributed by atoms with Gasteiger partial charge in [-0.2, -0.15) is 0 Å². The molecule has 1 fully saturated rings. The molecule has 6 nitrogen and oxygen atoms in total. The van der Waals surface area contributed by atoms with Crippen molar-refractivity contribution in [3.05, 3.63) is 45.7 Å². The third-order valence-corrected chi connectivity index (χ3v) is 5.72. The van der Waals surface area contributed by atoms with E-state index in [0.717, 1.165) is 34.0 Å². The number of aryl methyl sites for hydroxylation is 2. The molecule has 3 rings (SSSR count). The highest BCUT2D eigenvalue weighted by Crippen LogP contribution is 2.22. The summed E-state index contributed by atoms with van der Waals surface area (Å²) in [6.45, 7) is 5.56. The molecule has 0 aromatic carbocycles. The molecule has 1 N–H and O–H groups in total. The van der Waals surface area contributed by atoms with Crippen molar-refractivity contribution in [1.82, 2.24) is 20.2 Å². The molecule has 2 aromatic rings. The van der Waals surface area contributed by atoms with Crippen LogP contribution in [0, 0.1) is 12.8 Å². The van der Waals surface area contributed by atoms with Gasteiger partial charge in [-0.3, -0.25) is 14.6 Å². The first kappa shape index (κ1) is 18.5. The number of thiazole rings is 1. The predicted molar refractivity (Wildman–Crippen MR) is 100 cm³/mol. The molecule has 1 atom stereocenters. The van der Waals surface area contributed by atoms with Crippen molar-refractivity contribution in [3.63, 3.8) is 0 Å². The molecule has 1 aliphatic rings. The van der Waals surface area contributed by atoms with Crippen LogP contribution in [0.25, 0.3) is 0 Å². The molecule has 7 heteroatoms. The molecule has 0 unspecified atom stereocenters. The lowest BCUT2D eigenvalue weighted by Crippen LogP contribution is -2.32. The average molecular weight is 372 g/mol. The maximum absolute atomic E-state index is 12.5. The third kappa shape index (κ3) is 4.46. The first-order chi connectivity index (χ1) is 12.6. The summed E-state index contributed by atoms with van der Waals surface area (Å²) in [7, 11) is 0. The van der Waals surface area contributed by atoms with E-state index in [2.05, 4.69) is 22.2 Å². The maximum Gasteiger partial charge on any atom is 0.225 e. The normalized spacial score (nSPS) is 16.9. The Hall–Kier alpha value is -2.28. The number of rotatable bonds is 7. The second kappa shape index (κ2) is 8.40. The van der Waals surface area contributed by atoms with Crippen molar-refractivity contribution in [1.29, 1.82) is 0 Å². The molecular weight excluding hydrogens is 348 g/mol. The predicted octanol–water partition coefficient (Wildman–Crippen LogP) is 2.46. The summed E-state index contributed by atoms with van der Waals surface area (Å²) in [5.41, 5.74) is 1.96. The van der Waals surface area contributed by atoms with Gasteiger partial charge in [0.15, 0.2) is 0 Å². The number of hydrogen-bond acceptors (Lipinski definition) is 5. The van der Waals surface area contributed by atoms with Gasteiger partial charge in [-0.15, -0.1) is 11.3 Å². The quantitative estimate of drug-likeness (QED) is 0.810. The van der Waals surface area contributed by atoms with Crippen molar-refractivity contribution in [2.24, 2.45) is 5.92 Å². The van der Waals surface area contributed by atoms with Crippen LogP contribution in [0.2, 0.25) is 0 Å². The van der Waals surface area contributed by atoms with Gasteiger partial charge in [0.1, 0.15) is 0 Å². The summed E-state index contributed by atoms with van der Waals surface area (Å²) in [5.74, 6) is -0.326. The van der Waals surface area contributed by atoms with E-state index in [-0.39, 0.29) is 24.2 Å². The lowest BCUT2D eigenvalue weighted by molar-refractivity contribution is -0.129. The molecular formula is C19H24N4O2S. The van der Waals surface area contributed by atoms with Gasteiger partial charge in [-0.25, -0.2) is 4.98 Å². The Bertz CT molecular complexity index is 775. The van der Waals surface area contributed by atoms with Gasteiger partial charge >= 0.3 is 0 Å². The Balaban J connectivity index is 1.53. The summed E-state index contributed by atoms with van der Waals surface area (Å²) >= 11 is 1.66. The van der Waals surface area contributed by atoms with Gasteiger partial charge in [0.2, 0.25) is 11.8 Å². The van der Waals surface area contributed by atoms with Crippen LogP contribution in [0.5, 0.6) is 0 Å². The van der Waals surface area contributed by atoms with Gasteiger partial charge in [0.05, 0.1) is 23.2 Å². The fourth-order valence-corrected chi connectivity index (χ4v) is 4.21.